The molecular formula is C22H26ClN3O2S. The highest BCUT2D eigenvalue weighted by atomic mass is 35.5. The van der Waals surface area contributed by atoms with Gasteiger partial charge in [-0.1, -0.05) is 35.9 Å². The van der Waals surface area contributed by atoms with Gasteiger partial charge in [0, 0.05) is 23.0 Å². The first-order valence-electron chi connectivity index (χ1n) is 9.79. The lowest BCUT2D eigenvalue weighted by atomic mass is 9.96. The van der Waals surface area contributed by atoms with Crippen LogP contribution in [0.4, 0.5) is 5.69 Å². The Hall–Kier alpha value is -2.02. The maximum Gasteiger partial charge on any atom is 0.234 e. The van der Waals surface area contributed by atoms with Crippen molar-refractivity contribution in [3.63, 3.8) is 0 Å². The lowest BCUT2D eigenvalue weighted by Gasteiger charge is -2.30. The van der Waals surface area contributed by atoms with Gasteiger partial charge in [0.2, 0.25) is 11.8 Å². The first kappa shape index (κ1) is 21.7. The molecule has 1 fully saturated rings. The third kappa shape index (κ3) is 6.77. The number of thioether (sulfide) groups is 1. The molecule has 0 saturated carbocycles. The number of nitrogens with one attached hydrogen (secondary N) is 1. The molecule has 2 aromatic rings. The average Bonchev–Trinajstić information content (AvgIpc) is 2.73. The molecule has 3 rings (SSSR count). The molecule has 3 N–H and O–H groups in total. The summed E-state index contributed by atoms with van der Waals surface area (Å²) < 4.78 is 0. The van der Waals surface area contributed by atoms with Crippen LogP contribution >= 0.6 is 23.4 Å². The number of likely N-dealkylation sites (tertiary alicyclic amines) is 1. The van der Waals surface area contributed by atoms with Crippen LogP contribution in [0, 0.1) is 5.92 Å². The lowest BCUT2D eigenvalue weighted by Crippen LogP contribution is -2.39. The van der Waals surface area contributed by atoms with Gasteiger partial charge in [-0.3, -0.25) is 9.59 Å². The van der Waals surface area contributed by atoms with Gasteiger partial charge in [-0.25, -0.2) is 0 Å². The minimum absolute atomic E-state index is 0.0326. The van der Waals surface area contributed by atoms with Crippen LogP contribution in [0.2, 0.25) is 5.02 Å². The van der Waals surface area contributed by atoms with Gasteiger partial charge in [0.05, 0.1) is 10.8 Å². The van der Waals surface area contributed by atoms with E-state index in [-0.39, 0.29) is 17.7 Å². The van der Waals surface area contributed by atoms with Gasteiger partial charge < -0.3 is 16.0 Å². The Morgan fingerprint density at radius 3 is 2.45 bits per heavy atom. The summed E-state index contributed by atoms with van der Waals surface area (Å²) in [5, 5.41) is 3.58. The zero-order chi connectivity index (χ0) is 20.6. The molecule has 0 spiro atoms. The summed E-state index contributed by atoms with van der Waals surface area (Å²) in [6.07, 6.45) is 2.65. The lowest BCUT2D eigenvalue weighted by molar-refractivity contribution is -0.123. The van der Waals surface area contributed by atoms with E-state index in [2.05, 4.69) is 10.2 Å². The Morgan fingerprint density at radius 1 is 1.10 bits per heavy atom. The fraction of sp³-hybridized carbons (Fsp3) is 0.364. The Balaban J connectivity index is 1.40. The predicted molar refractivity (Wildman–Crippen MR) is 119 cm³/mol. The predicted octanol–water partition coefficient (Wildman–Crippen LogP) is 3.81. The van der Waals surface area contributed by atoms with Gasteiger partial charge in [-0.05, 0) is 62.2 Å². The molecule has 0 radical (unpaired) electrons. The van der Waals surface area contributed by atoms with Crippen LogP contribution < -0.4 is 11.1 Å². The molecule has 2 aromatic carbocycles. The summed E-state index contributed by atoms with van der Waals surface area (Å²) in [4.78, 5) is 26.7. The number of benzene rings is 2. The number of piperidine rings is 1. The monoisotopic (exact) mass is 431 g/mol. The number of halogens is 1. The second-order valence-corrected chi connectivity index (χ2v) is 8.66. The minimum atomic E-state index is -0.174. The third-order valence-corrected chi connectivity index (χ3v) is 6.65. The highest BCUT2D eigenvalue weighted by Crippen LogP contribution is 2.26. The van der Waals surface area contributed by atoms with E-state index in [9.17, 15) is 9.59 Å². The summed E-state index contributed by atoms with van der Waals surface area (Å²) >= 11 is 7.54. The van der Waals surface area contributed by atoms with Gasteiger partial charge in [0.25, 0.3) is 0 Å². The van der Waals surface area contributed by atoms with Crippen molar-refractivity contribution in [2.75, 3.05) is 30.7 Å². The van der Waals surface area contributed by atoms with E-state index in [0.717, 1.165) is 49.5 Å². The van der Waals surface area contributed by atoms with Crippen LogP contribution in [0.1, 0.15) is 18.4 Å². The van der Waals surface area contributed by atoms with E-state index in [4.69, 9.17) is 17.3 Å². The van der Waals surface area contributed by atoms with E-state index in [0.29, 0.717) is 10.8 Å². The van der Waals surface area contributed by atoms with Crippen molar-refractivity contribution in [2.45, 2.75) is 24.2 Å². The molecular weight excluding hydrogens is 406 g/mol. The van der Waals surface area contributed by atoms with Gasteiger partial charge in [-0.2, -0.15) is 0 Å². The smallest absolute Gasteiger partial charge is 0.234 e. The fourth-order valence-electron chi connectivity index (χ4n) is 3.39. The molecule has 29 heavy (non-hydrogen) atoms. The zero-order valence-electron chi connectivity index (χ0n) is 16.3. The van der Waals surface area contributed by atoms with Crippen molar-refractivity contribution < 1.29 is 9.59 Å². The SMILES string of the molecule is NC(=O)C1CCN(CCc2ccc(NC(=O)CSc3ccccc3Cl)cc2)CC1. The normalized spacial score (nSPS) is 15.2. The van der Waals surface area contributed by atoms with Crippen molar-refractivity contribution in [1.82, 2.24) is 4.90 Å². The maximum atomic E-state index is 12.2. The highest BCUT2D eigenvalue weighted by molar-refractivity contribution is 8.00. The molecule has 7 heteroatoms. The maximum absolute atomic E-state index is 12.2. The van der Waals surface area contributed by atoms with Crippen LogP contribution in [-0.2, 0) is 16.0 Å². The first-order valence-corrected chi connectivity index (χ1v) is 11.2. The average molecular weight is 432 g/mol. The van der Waals surface area contributed by atoms with Crippen molar-refractivity contribution in [2.24, 2.45) is 11.7 Å². The van der Waals surface area contributed by atoms with Crippen LogP contribution in [0.15, 0.2) is 53.4 Å². The number of hydrogen-bond donors (Lipinski definition) is 2. The number of nitrogens with two attached hydrogens (primary N) is 1. The number of rotatable bonds is 8. The summed E-state index contributed by atoms with van der Waals surface area (Å²) in [6.45, 7) is 2.81. The number of primary amides is 1. The molecule has 1 aliphatic heterocycles. The Kier molecular flexibility index (Phi) is 7.98. The van der Waals surface area contributed by atoms with Gasteiger partial charge >= 0.3 is 0 Å². The Labute approximate surface area is 181 Å². The standard InChI is InChI=1S/C22H26ClN3O2S/c23-19-3-1-2-4-20(19)29-15-21(27)25-18-7-5-16(6-8-18)9-12-26-13-10-17(11-14-26)22(24)28/h1-8,17H,9-15H2,(H2,24,28)(H,25,27). The van der Waals surface area contributed by atoms with Gasteiger partial charge in [-0.15, -0.1) is 11.8 Å². The van der Waals surface area contributed by atoms with E-state index in [1.165, 1.54) is 17.3 Å². The topological polar surface area (TPSA) is 75.4 Å². The number of carbonyl (C=O) groups excluding carboxylic acids is 2. The fourth-order valence-corrected chi connectivity index (χ4v) is 4.42. The Morgan fingerprint density at radius 2 is 1.79 bits per heavy atom. The van der Waals surface area contributed by atoms with E-state index in [1.807, 2.05) is 48.5 Å². The van der Waals surface area contributed by atoms with E-state index < -0.39 is 0 Å². The third-order valence-electron chi connectivity index (χ3n) is 5.14. The van der Waals surface area contributed by atoms with Crippen LogP contribution in [0.25, 0.3) is 0 Å². The van der Waals surface area contributed by atoms with Gasteiger partial charge in [0.15, 0.2) is 0 Å². The largest absolute Gasteiger partial charge is 0.369 e. The van der Waals surface area contributed by atoms with E-state index >= 15 is 0 Å². The Bertz CT molecular complexity index is 836. The number of hydrogen-bond acceptors (Lipinski definition) is 4. The second kappa shape index (κ2) is 10.7. The van der Waals surface area contributed by atoms with Gasteiger partial charge in [0.1, 0.15) is 0 Å². The minimum Gasteiger partial charge on any atom is -0.369 e. The molecule has 0 unspecified atom stereocenters. The van der Waals surface area contributed by atoms with Crippen LogP contribution in [-0.4, -0.2) is 42.1 Å². The summed E-state index contributed by atoms with van der Waals surface area (Å²) in [5.41, 5.74) is 7.41. The summed E-state index contributed by atoms with van der Waals surface area (Å²) in [7, 11) is 0. The first-order chi connectivity index (χ1) is 14.0. The molecule has 1 aliphatic rings. The molecule has 0 aromatic heterocycles. The number of amides is 2. The highest BCUT2D eigenvalue weighted by Gasteiger charge is 2.22. The summed E-state index contributed by atoms with van der Waals surface area (Å²) in [5.74, 6) is 0.116. The number of nitrogens with zero attached hydrogens (tertiary/aromatic N) is 1. The number of anilines is 1. The number of carbonyl (C=O) groups is 2. The van der Waals surface area contributed by atoms with Crippen LogP contribution in [0.5, 0.6) is 0 Å². The molecule has 154 valence electrons. The zero-order valence-corrected chi connectivity index (χ0v) is 17.8. The van der Waals surface area contributed by atoms with E-state index in [1.54, 1.807) is 0 Å². The second-order valence-electron chi connectivity index (χ2n) is 7.23. The van der Waals surface area contributed by atoms with Crippen molar-refractivity contribution in [3.8, 4) is 0 Å². The van der Waals surface area contributed by atoms with Crippen molar-refractivity contribution in [3.05, 3.63) is 59.1 Å². The molecule has 1 heterocycles. The molecule has 0 bridgehead atoms. The molecule has 2 amide bonds. The van der Waals surface area contributed by atoms with Crippen molar-refractivity contribution >= 4 is 40.9 Å². The molecule has 1 saturated heterocycles. The molecule has 0 aliphatic carbocycles. The molecule has 5 nitrogen and oxygen atoms in total. The summed E-state index contributed by atoms with van der Waals surface area (Å²) in [6, 6.07) is 15.5. The quantitative estimate of drug-likeness (QED) is 0.623. The van der Waals surface area contributed by atoms with Crippen molar-refractivity contribution in [1.29, 1.82) is 0 Å². The van der Waals surface area contributed by atoms with Crippen LogP contribution in [0.3, 0.4) is 0 Å². The molecule has 0 atom stereocenters.